The fourth-order valence-corrected chi connectivity index (χ4v) is 3.04. The van der Waals surface area contributed by atoms with Crippen molar-refractivity contribution >= 4 is 5.78 Å². The molecule has 0 aliphatic heterocycles. The topological polar surface area (TPSA) is 37.3 Å². The van der Waals surface area contributed by atoms with Gasteiger partial charge in [-0.05, 0) is 18.1 Å². The molecule has 30 heavy (non-hydrogen) atoms. The molecule has 4 aromatic rings. The molecule has 0 saturated heterocycles. The summed E-state index contributed by atoms with van der Waals surface area (Å²) >= 11 is 0. The van der Waals surface area contributed by atoms with Crippen LogP contribution in [-0.4, -0.2) is 10.9 Å². The van der Waals surface area contributed by atoms with E-state index in [9.17, 15) is 9.90 Å². The van der Waals surface area contributed by atoms with Crippen LogP contribution in [0.3, 0.4) is 0 Å². The number of hydrogen-bond acceptors (Lipinski definition) is 2. The van der Waals surface area contributed by atoms with Gasteiger partial charge in [-0.15, -0.1) is 0 Å². The maximum absolute atomic E-state index is 11.8. The Bertz CT molecular complexity index is 926. The minimum absolute atomic E-state index is 0. The summed E-state index contributed by atoms with van der Waals surface area (Å²) in [6, 6.07) is 38.0. The summed E-state index contributed by atoms with van der Waals surface area (Å²) in [5.41, 5.74) is 2.38. The van der Waals surface area contributed by atoms with Gasteiger partial charge in [0.25, 0.3) is 0 Å². The Morgan fingerprint density at radius 3 is 1.13 bits per heavy atom. The van der Waals surface area contributed by atoms with Gasteiger partial charge < -0.3 is 5.11 Å². The number of rotatable bonds is 4. The van der Waals surface area contributed by atoms with E-state index >= 15 is 0 Å². The van der Waals surface area contributed by atoms with Crippen LogP contribution in [0.2, 0.25) is 0 Å². The van der Waals surface area contributed by atoms with Gasteiger partial charge in [0.2, 0.25) is 0 Å². The molecule has 0 atom stereocenters. The molecule has 0 bridgehead atoms. The Balaban J connectivity index is 0.000000207. The number of hydrogen-bond donors (Lipinski definition) is 1. The van der Waals surface area contributed by atoms with E-state index in [4.69, 9.17) is 0 Å². The zero-order chi connectivity index (χ0) is 20.5. The van der Waals surface area contributed by atoms with E-state index in [0.29, 0.717) is 0 Å². The normalized spacial score (nSPS) is 10.2. The highest BCUT2D eigenvalue weighted by Gasteiger charge is 2.24. The van der Waals surface area contributed by atoms with Gasteiger partial charge in [0.05, 0.1) is 0 Å². The van der Waals surface area contributed by atoms with Crippen molar-refractivity contribution in [1.29, 1.82) is 0 Å². The highest BCUT2D eigenvalue weighted by Crippen LogP contribution is 2.28. The fraction of sp³-hybridized carbons (Fsp3) is 0.107. The highest BCUT2D eigenvalue weighted by atomic mass is 16.3. The third kappa shape index (κ3) is 5.76. The Morgan fingerprint density at radius 2 is 0.833 bits per heavy atom. The van der Waals surface area contributed by atoms with Gasteiger partial charge in [0, 0.05) is 11.1 Å². The number of ketones is 1. The van der Waals surface area contributed by atoms with Gasteiger partial charge in [0.1, 0.15) is 5.60 Å². The molecule has 1 N–H and O–H groups in total. The van der Waals surface area contributed by atoms with Crippen molar-refractivity contribution in [2.45, 2.75) is 20.0 Å². The second kappa shape index (κ2) is 10.9. The van der Waals surface area contributed by atoms with Crippen molar-refractivity contribution in [2.24, 2.45) is 0 Å². The van der Waals surface area contributed by atoms with E-state index in [2.05, 4.69) is 0 Å². The molecule has 0 radical (unpaired) electrons. The summed E-state index contributed by atoms with van der Waals surface area (Å²) in [5.74, 6) is 0.0752. The molecule has 2 nitrogen and oxygen atoms in total. The van der Waals surface area contributed by atoms with Gasteiger partial charge in [0.15, 0.2) is 5.78 Å². The van der Waals surface area contributed by atoms with Crippen molar-refractivity contribution in [3.8, 4) is 0 Å². The van der Waals surface area contributed by atoms with Crippen LogP contribution in [0.4, 0.5) is 0 Å². The maximum atomic E-state index is 11.8. The zero-order valence-electron chi connectivity index (χ0n) is 16.4. The zero-order valence-corrected chi connectivity index (χ0v) is 16.4. The number of benzene rings is 4. The second-order valence-electron chi connectivity index (χ2n) is 6.87. The van der Waals surface area contributed by atoms with Crippen LogP contribution in [0.5, 0.6) is 0 Å². The van der Waals surface area contributed by atoms with E-state index in [1.165, 1.54) is 0 Å². The van der Waals surface area contributed by atoms with Gasteiger partial charge in [-0.2, -0.15) is 0 Å². The third-order valence-corrected chi connectivity index (χ3v) is 4.74. The van der Waals surface area contributed by atoms with Crippen molar-refractivity contribution in [1.82, 2.24) is 0 Å². The molecule has 4 aromatic carbocycles. The Labute approximate surface area is 179 Å². The molecule has 0 unspecified atom stereocenters. The quantitative estimate of drug-likeness (QED) is 0.400. The monoisotopic (exact) mass is 396 g/mol. The van der Waals surface area contributed by atoms with Crippen LogP contribution in [0.1, 0.15) is 41.4 Å². The smallest absolute Gasteiger partial charge is 0.193 e. The molecule has 0 aliphatic rings. The van der Waals surface area contributed by atoms with E-state index in [0.717, 1.165) is 22.3 Å². The van der Waals surface area contributed by atoms with E-state index in [-0.39, 0.29) is 13.2 Å². The summed E-state index contributed by atoms with van der Waals surface area (Å²) in [6.07, 6.45) is 0. The minimum Gasteiger partial charge on any atom is -0.381 e. The van der Waals surface area contributed by atoms with Crippen LogP contribution in [0.25, 0.3) is 0 Å². The molecule has 0 heterocycles. The largest absolute Gasteiger partial charge is 0.381 e. The van der Waals surface area contributed by atoms with Crippen LogP contribution in [0, 0.1) is 0 Å². The molecule has 0 aromatic heterocycles. The summed E-state index contributed by atoms with van der Waals surface area (Å²) in [6.45, 7) is 1.82. The summed E-state index contributed by atoms with van der Waals surface area (Å²) < 4.78 is 0. The molecule has 4 rings (SSSR count). The molecule has 0 fully saturated rings. The number of aliphatic hydroxyl groups is 1. The molecule has 0 amide bonds. The number of carbonyl (C=O) groups excluding carboxylic acids is 1. The van der Waals surface area contributed by atoms with E-state index in [1.54, 1.807) is 0 Å². The summed E-state index contributed by atoms with van der Waals surface area (Å²) in [7, 11) is 0. The molecule has 2 heteroatoms. The van der Waals surface area contributed by atoms with E-state index < -0.39 is 5.60 Å². The maximum Gasteiger partial charge on any atom is 0.193 e. The average Bonchev–Trinajstić information content (AvgIpc) is 2.81. The highest BCUT2D eigenvalue weighted by molar-refractivity contribution is 6.08. The molecule has 0 aliphatic carbocycles. The first kappa shape index (κ1) is 22.8. The van der Waals surface area contributed by atoms with Crippen LogP contribution in [-0.2, 0) is 5.60 Å². The van der Waals surface area contributed by atoms with Gasteiger partial charge >= 0.3 is 0 Å². The van der Waals surface area contributed by atoms with Crippen molar-refractivity contribution < 1.29 is 9.90 Å². The lowest BCUT2D eigenvalue weighted by Gasteiger charge is -2.24. The number of carbonyl (C=O) groups is 1. The molecule has 0 spiro atoms. The lowest BCUT2D eigenvalue weighted by Crippen LogP contribution is -2.22. The first-order valence-electron chi connectivity index (χ1n) is 9.57. The predicted octanol–water partition coefficient (Wildman–Crippen LogP) is 6.50. The van der Waals surface area contributed by atoms with Gasteiger partial charge in [-0.3, -0.25) is 4.79 Å². The van der Waals surface area contributed by atoms with E-state index in [1.807, 2.05) is 128 Å². The lowest BCUT2D eigenvalue weighted by atomic mass is 9.88. The molecule has 0 saturated carbocycles. The summed E-state index contributed by atoms with van der Waals surface area (Å²) in [4.78, 5) is 11.8. The van der Waals surface area contributed by atoms with Gasteiger partial charge in [-0.1, -0.05) is 129 Å². The Morgan fingerprint density at radius 1 is 0.567 bits per heavy atom. The van der Waals surface area contributed by atoms with Crippen LogP contribution < -0.4 is 0 Å². The first-order valence-corrected chi connectivity index (χ1v) is 9.57. The Kier molecular flexibility index (Phi) is 8.28. The SMILES string of the molecule is C.CC(O)(c1ccccc1)c1ccccc1.O=C(c1ccccc1)c1ccccc1. The van der Waals surface area contributed by atoms with Gasteiger partial charge in [-0.25, -0.2) is 0 Å². The molecule has 152 valence electrons. The van der Waals surface area contributed by atoms with Crippen LogP contribution in [0.15, 0.2) is 121 Å². The standard InChI is InChI=1S/C14H14O.C13H10O.CH4/c1-14(15,12-8-4-2-5-9-12)13-10-6-3-7-11-13;14-13(11-7-3-1-4-8-11)12-9-5-2-6-10-12;/h2-11,15H,1H3;1-10H;1H4. The molecular weight excluding hydrogens is 368 g/mol. The first-order chi connectivity index (χ1) is 14.1. The molecular formula is C28H28O2. The lowest BCUT2D eigenvalue weighted by molar-refractivity contribution is 0.102. The van der Waals surface area contributed by atoms with Crippen molar-refractivity contribution in [2.75, 3.05) is 0 Å². The Hall–Kier alpha value is -3.49. The average molecular weight is 397 g/mol. The predicted molar refractivity (Wildman–Crippen MR) is 125 cm³/mol. The van der Waals surface area contributed by atoms with Crippen molar-refractivity contribution in [3.63, 3.8) is 0 Å². The van der Waals surface area contributed by atoms with Crippen molar-refractivity contribution in [3.05, 3.63) is 144 Å². The van der Waals surface area contributed by atoms with Crippen LogP contribution >= 0.6 is 0 Å². The third-order valence-electron chi connectivity index (χ3n) is 4.74. The second-order valence-corrected chi connectivity index (χ2v) is 6.87. The summed E-state index contributed by atoms with van der Waals surface area (Å²) in [5, 5.41) is 10.5. The fourth-order valence-electron chi connectivity index (χ4n) is 3.04. The minimum atomic E-state index is -0.914.